The van der Waals surface area contributed by atoms with E-state index < -0.39 is 7.28 Å². The predicted molar refractivity (Wildman–Crippen MR) is 301 cm³/mol. The van der Waals surface area contributed by atoms with E-state index in [1.54, 1.807) is 0 Å². The molecular formula is C63H114O3P. The summed E-state index contributed by atoms with van der Waals surface area (Å²) in [5, 5.41) is 1.19. The Labute approximate surface area is 419 Å². The molecule has 0 aliphatic heterocycles. The van der Waals surface area contributed by atoms with E-state index in [1.807, 2.05) is 0 Å². The summed E-state index contributed by atoms with van der Waals surface area (Å²) in [6, 6.07) is 21.3. The number of unbranched alkanes of at least 4 members (excludes halogenated alkanes) is 36. The summed E-state index contributed by atoms with van der Waals surface area (Å²) in [7, 11) is -3.79. The van der Waals surface area contributed by atoms with Crippen LogP contribution in [0.5, 0.6) is 0 Å². The summed E-state index contributed by atoms with van der Waals surface area (Å²) < 4.78 is 22.9. The Morgan fingerprint density at radius 1 is 0.328 bits per heavy atom. The fraction of sp³-hybridized carbons (Fsp3) is 0.810. The van der Waals surface area contributed by atoms with Crippen LogP contribution < -0.4 is 5.30 Å². The fourth-order valence-corrected chi connectivity index (χ4v) is 14.5. The van der Waals surface area contributed by atoms with Gasteiger partial charge in [0, 0.05) is 0 Å². The summed E-state index contributed by atoms with van der Waals surface area (Å²) in [4.78, 5) is 0. The van der Waals surface area contributed by atoms with Gasteiger partial charge in [-0.25, -0.2) is 0 Å². The van der Waals surface area contributed by atoms with E-state index in [9.17, 15) is 0 Å². The summed E-state index contributed by atoms with van der Waals surface area (Å²) in [5.74, 6) is 0. The second-order valence-corrected chi connectivity index (χ2v) is 25.3. The van der Waals surface area contributed by atoms with Crippen LogP contribution in [0.15, 0.2) is 48.5 Å². The Kier molecular flexibility index (Phi) is 38.2. The van der Waals surface area contributed by atoms with Crippen molar-refractivity contribution < 1.29 is 13.6 Å². The minimum absolute atomic E-state index is 0.134. The molecule has 389 valence electrons. The summed E-state index contributed by atoms with van der Waals surface area (Å²) >= 11 is 0. The first-order valence-electron chi connectivity index (χ1n) is 29.9. The van der Waals surface area contributed by atoms with Gasteiger partial charge in [0.05, 0.1) is 0 Å². The SMILES string of the molecule is CCCCCCCCCCCCOP(CCCCCCCCCCCC)(OCCCCCCCCCCCC)(OCCCCCCCCCCCC)c1ccc(C(C)(C)c2cc[c]cc2)cc1. The van der Waals surface area contributed by atoms with Crippen LogP contribution in [0.4, 0.5) is 0 Å². The number of hydrogen-bond donors (Lipinski definition) is 0. The standard InChI is InChI=1S/C63H114O3P/c1-7-11-15-19-23-27-31-35-39-46-56-64-67(59-49-42-38-34-30-26-22-18-14-10-4,65-57-47-40-36-32-28-24-20-16-12-8-2,66-58-48-41-37-33-29-25-21-17-13-9-3)62-54-52-61(53-55-62)63(5,6)60-50-44-43-45-51-60/h44-45,50-55H,7-42,46-49,56-59H2,1-6H3. The third kappa shape index (κ3) is 27.8. The Balaban J connectivity index is 2.40. The quantitative estimate of drug-likeness (QED) is 0.0489. The monoisotopic (exact) mass is 950 g/mol. The van der Waals surface area contributed by atoms with Crippen molar-refractivity contribution in [3.8, 4) is 0 Å². The normalized spacial score (nSPS) is 12.8. The average Bonchev–Trinajstić information content (AvgIpc) is 3.35. The molecule has 4 heteroatoms. The molecule has 3 nitrogen and oxygen atoms in total. The Morgan fingerprint density at radius 3 is 0.881 bits per heavy atom. The van der Waals surface area contributed by atoms with E-state index in [-0.39, 0.29) is 5.41 Å². The first-order valence-corrected chi connectivity index (χ1v) is 32.1. The van der Waals surface area contributed by atoms with Crippen molar-refractivity contribution in [1.82, 2.24) is 0 Å². The summed E-state index contributed by atoms with van der Waals surface area (Å²) in [6.07, 6.45) is 53.7. The van der Waals surface area contributed by atoms with Crippen LogP contribution in [0.2, 0.25) is 0 Å². The van der Waals surface area contributed by atoms with Gasteiger partial charge >= 0.3 is 401 Å². The van der Waals surface area contributed by atoms with Crippen molar-refractivity contribution in [2.45, 2.75) is 304 Å². The molecule has 0 amide bonds. The topological polar surface area (TPSA) is 27.7 Å². The van der Waals surface area contributed by atoms with Gasteiger partial charge in [0.2, 0.25) is 0 Å². The maximum absolute atomic E-state index is 7.63. The molecular weight excluding hydrogens is 836 g/mol. The molecule has 0 bridgehead atoms. The zero-order valence-electron chi connectivity index (χ0n) is 45.9. The van der Waals surface area contributed by atoms with Gasteiger partial charge in [0.25, 0.3) is 0 Å². The van der Waals surface area contributed by atoms with Gasteiger partial charge in [-0.3, -0.25) is 0 Å². The molecule has 0 atom stereocenters. The molecule has 67 heavy (non-hydrogen) atoms. The van der Waals surface area contributed by atoms with Crippen LogP contribution in [0.25, 0.3) is 0 Å². The number of rotatable bonds is 50. The molecule has 0 spiro atoms. The van der Waals surface area contributed by atoms with Crippen LogP contribution in [0, 0.1) is 6.07 Å². The van der Waals surface area contributed by atoms with Crippen molar-refractivity contribution in [2.75, 3.05) is 26.0 Å². The number of hydrogen-bond acceptors (Lipinski definition) is 3. The zero-order valence-corrected chi connectivity index (χ0v) is 46.8. The van der Waals surface area contributed by atoms with E-state index >= 15 is 0 Å². The van der Waals surface area contributed by atoms with E-state index in [1.165, 1.54) is 248 Å². The average molecular weight is 951 g/mol. The first-order chi connectivity index (χ1) is 32.9. The third-order valence-corrected chi connectivity index (χ3v) is 19.5. The molecule has 2 aromatic rings. The molecule has 0 fully saturated rings. The van der Waals surface area contributed by atoms with Gasteiger partial charge in [0.15, 0.2) is 0 Å². The van der Waals surface area contributed by atoms with Crippen LogP contribution in [0.3, 0.4) is 0 Å². The van der Waals surface area contributed by atoms with Gasteiger partial charge in [-0.15, -0.1) is 0 Å². The van der Waals surface area contributed by atoms with Crippen LogP contribution in [0.1, 0.15) is 310 Å². The summed E-state index contributed by atoms with van der Waals surface area (Å²) in [5.41, 5.74) is 2.50. The molecule has 0 saturated heterocycles. The molecule has 2 rings (SSSR count). The molecule has 0 aliphatic rings. The van der Waals surface area contributed by atoms with Gasteiger partial charge in [0.1, 0.15) is 0 Å². The molecule has 0 aliphatic carbocycles. The first kappa shape index (κ1) is 61.9. The van der Waals surface area contributed by atoms with Gasteiger partial charge in [-0.2, -0.15) is 0 Å². The van der Waals surface area contributed by atoms with Crippen molar-refractivity contribution in [2.24, 2.45) is 0 Å². The van der Waals surface area contributed by atoms with E-state index in [2.05, 4.69) is 96.1 Å². The Hall–Kier alpha value is -1.25. The molecule has 0 unspecified atom stereocenters. The van der Waals surface area contributed by atoms with E-state index in [0.29, 0.717) is 0 Å². The van der Waals surface area contributed by atoms with Crippen LogP contribution in [-0.2, 0) is 19.0 Å². The molecule has 0 aromatic heterocycles. The van der Waals surface area contributed by atoms with E-state index in [4.69, 9.17) is 13.6 Å². The molecule has 0 N–H and O–H groups in total. The van der Waals surface area contributed by atoms with Gasteiger partial charge < -0.3 is 0 Å². The summed E-state index contributed by atoms with van der Waals surface area (Å²) in [6.45, 7) is 16.1. The number of benzene rings is 2. The van der Waals surface area contributed by atoms with Crippen molar-refractivity contribution in [3.05, 3.63) is 65.7 Å². The minimum atomic E-state index is -3.79. The third-order valence-electron chi connectivity index (χ3n) is 15.0. The van der Waals surface area contributed by atoms with Crippen LogP contribution in [-0.4, -0.2) is 26.0 Å². The molecule has 0 heterocycles. The van der Waals surface area contributed by atoms with Gasteiger partial charge in [-0.1, -0.05) is 20.8 Å². The Morgan fingerprint density at radius 2 is 0.582 bits per heavy atom. The van der Waals surface area contributed by atoms with E-state index in [0.717, 1.165) is 51.7 Å². The van der Waals surface area contributed by atoms with Crippen LogP contribution >= 0.6 is 7.28 Å². The molecule has 2 aromatic carbocycles. The van der Waals surface area contributed by atoms with Crippen molar-refractivity contribution >= 4 is 12.6 Å². The fourth-order valence-electron chi connectivity index (χ4n) is 10.2. The van der Waals surface area contributed by atoms with Crippen molar-refractivity contribution in [3.63, 3.8) is 0 Å². The predicted octanol–water partition coefficient (Wildman–Crippen LogP) is 21.5. The van der Waals surface area contributed by atoms with Gasteiger partial charge in [-0.05, 0) is 0 Å². The maximum atomic E-state index is 7.63. The van der Waals surface area contributed by atoms with Crippen molar-refractivity contribution in [1.29, 1.82) is 0 Å². The Bertz CT molecular complexity index is 1270. The molecule has 1 radical (unpaired) electrons. The zero-order chi connectivity index (χ0) is 48.3. The second kappa shape index (κ2) is 41.4. The molecule has 0 saturated carbocycles. The second-order valence-electron chi connectivity index (χ2n) is 21.5.